The van der Waals surface area contributed by atoms with Crippen LogP contribution in [-0.4, -0.2) is 81.3 Å². The van der Waals surface area contributed by atoms with Crippen LogP contribution in [0.5, 0.6) is 0 Å². The highest BCUT2D eigenvalue weighted by atomic mass is 35.5. The summed E-state index contributed by atoms with van der Waals surface area (Å²) in [5.74, 6) is -0.736. The molecular formula is C25H21ClN6O8S. The van der Waals surface area contributed by atoms with Gasteiger partial charge in [0.1, 0.15) is 17.7 Å². The monoisotopic (exact) mass is 600 g/mol. The minimum Gasteiger partial charge on any atom is -0.479 e. The van der Waals surface area contributed by atoms with E-state index in [9.17, 15) is 30.0 Å². The molecule has 0 aliphatic carbocycles. The topological polar surface area (TPSA) is 216 Å². The van der Waals surface area contributed by atoms with E-state index in [-0.39, 0.29) is 39.4 Å². The van der Waals surface area contributed by atoms with E-state index < -0.39 is 48.2 Å². The van der Waals surface area contributed by atoms with Gasteiger partial charge in [-0.25, -0.2) is 19.6 Å². The average molecular weight is 601 g/mol. The van der Waals surface area contributed by atoms with Crippen LogP contribution >= 0.6 is 22.9 Å². The van der Waals surface area contributed by atoms with Gasteiger partial charge in [-0.15, -0.1) is 17.8 Å². The Labute approximate surface area is 240 Å². The van der Waals surface area contributed by atoms with Crippen molar-refractivity contribution in [1.29, 1.82) is 0 Å². The van der Waals surface area contributed by atoms with Gasteiger partial charge in [0.2, 0.25) is 15.9 Å². The van der Waals surface area contributed by atoms with Crippen molar-refractivity contribution in [1.82, 2.24) is 24.5 Å². The fraction of sp³-hybridized carbons (Fsp3) is 0.280. The zero-order valence-electron chi connectivity index (χ0n) is 20.8. The third-order valence-corrected chi connectivity index (χ3v) is 7.66. The van der Waals surface area contributed by atoms with Crippen LogP contribution in [0.2, 0.25) is 5.28 Å². The minimum absolute atomic E-state index is 0.0329. The normalized spacial score (nSPS) is 23.7. The molecule has 1 aliphatic heterocycles. The molecule has 0 spiro atoms. The van der Waals surface area contributed by atoms with Crippen molar-refractivity contribution in [3.63, 3.8) is 0 Å². The number of aliphatic carboxylic acids is 1. The predicted octanol–water partition coefficient (Wildman–Crippen LogP) is 1.08. The maximum Gasteiger partial charge on any atom is 0.365 e. The number of carboxylic acids is 2. The SMILES string of the molecule is C#C[C@@]1(O)[C@@H](COC(Cc2ccccc2)(C(=O)O)c2csc(C(=O)O)n2)O[C@@H](n2cnc3c(N)nc(Cl)nc32)[C@@H]1O. The fourth-order valence-electron chi connectivity index (χ4n) is 4.53. The van der Waals surface area contributed by atoms with Crippen molar-refractivity contribution in [2.24, 2.45) is 0 Å². The molecule has 5 atom stereocenters. The molecule has 4 aromatic rings. The summed E-state index contributed by atoms with van der Waals surface area (Å²) < 4.78 is 13.1. The number of anilines is 1. The highest BCUT2D eigenvalue weighted by molar-refractivity contribution is 7.11. The van der Waals surface area contributed by atoms with Crippen LogP contribution in [0.3, 0.4) is 0 Å². The van der Waals surface area contributed by atoms with Gasteiger partial charge in [0.15, 0.2) is 23.3 Å². The molecule has 1 fully saturated rings. The summed E-state index contributed by atoms with van der Waals surface area (Å²) in [5, 5.41) is 42.9. The van der Waals surface area contributed by atoms with E-state index in [1.54, 1.807) is 30.3 Å². The van der Waals surface area contributed by atoms with E-state index in [2.05, 4.69) is 25.9 Å². The zero-order valence-corrected chi connectivity index (χ0v) is 22.4. The highest BCUT2D eigenvalue weighted by Crippen LogP contribution is 2.40. The van der Waals surface area contributed by atoms with E-state index in [0.29, 0.717) is 5.56 Å². The van der Waals surface area contributed by atoms with Gasteiger partial charge in [0.05, 0.1) is 18.6 Å². The molecule has 1 unspecified atom stereocenters. The number of terminal acetylenes is 1. The maximum absolute atomic E-state index is 12.8. The van der Waals surface area contributed by atoms with Crippen molar-refractivity contribution in [3.05, 3.63) is 63.6 Å². The van der Waals surface area contributed by atoms with E-state index in [1.165, 1.54) is 16.3 Å². The smallest absolute Gasteiger partial charge is 0.365 e. The number of hydrogen-bond donors (Lipinski definition) is 5. The van der Waals surface area contributed by atoms with E-state index >= 15 is 0 Å². The average Bonchev–Trinajstić information content (AvgIpc) is 3.65. The molecule has 1 aromatic carbocycles. The molecule has 0 radical (unpaired) electrons. The molecule has 4 heterocycles. The van der Waals surface area contributed by atoms with Gasteiger partial charge in [0.25, 0.3) is 0 Å². The van der Waals surface area contributed by atoms with Gasteiger partial charge in [-0.3, -0.25) is 4.57 Å². The summed E-state index contributed by atoms with van der Waals surface area (Å²) >= 11 is 6.66. The number of nitrogens with two attached hydrogens (primary N) is 1. The Morgan fingerprint density at radius 2 is 2.00 bits per heavy atom. The van der Waals surface area contributed by atoms with Gasteiger partial charge < -0.3 is 35.6 Å². The number of hydrogen-bond acceptors (Lipinski definition) is 12. The molecule has 14 nitrogen and oxygen atoms in total. The summed E-state index contributed by atoms with van der Waals surface area (Å²) in [5.41, 5.74) is 1.87. The van der Waals surface area contributed by atoms with E-state index in [1.807, 2.05) is 0 Å². The highest BCUT2D eigenvalue weighted by Gasteiger charge is 2.57. The zero-order chi connectivity index (χ0) is 29.5. The number of nitrogen functional groups attached to an aromatic ring is 1. The number of thiazole rings is 1. The number of aromatic nitrogens is 5. The lowest BCUT2D eigenvalue weighted by atomic mass is 9.90. The van der Waals surface area contributed by atoms with Gasteiger partial charge in [0, 0.05) is 11.8 Å². The Hall–Kier alpha value is -4.17. The number of halogens is 1. The number of fused-ring (bicyclic) bond motifs is 1. The molecular weight excluding hydrogens is 580 g/mol. The first-order chi connectivity index (χ1) is 19.5. The standard InChI is InChI=1S/C25H21ClN6O8S/c1-2-24(38)14(40-20(16(24)33)32-11-28-15-17(27)30-23(26)31-18(15)32)9-39-25(22(36)37,8-12-6-4-3-5-7-12)13-10-41-19(29-13)21(34)35/h1,3-7,10-11,14,16,20,33,38H,8-9H2,(H,34,35)(H,36,37)(H2,27,30,31)/t14-,16+,20-,24-,25?/m1/s1. The van der Waals surface area contributed by atoms with Gasteiger partial charge in [-0.2, -0.15) is 9.97 Å². The number of aliphatic hydroxyl groups is 2. The molecule has 1 saturated heterocycles. The molecule has 16 heteroatoms. The number of imidazole rings is 1. The molecule has 0 saturated carbocycles. The van der Waals surface area contributed by atoms with Crippen LogP contribution in [0, 0.1) is 12.3 Å². The second-order valence-corrected chi connectivity index (χ2v) is 10.3. The summed E-state index contributed by atoms with van der Waals surface area (Å²) in [4.78, 5) is 40.3. The number of carboxylic acid groups (broad SMARTS) is 2. The Balaban J connectivity index is 1.51. The molecule has 0 bridgehead atoms. The molecule has 6 N–H and O–H groups in total. The third-order valence-electron chi connectivity index (χ3n) is 6.67. The first-order valence-corrected chi connectivity index (χ1v) is 13.1. The molecule has 41 heavy (non-hydrogen) atoms. The first-order valence-electron chi connectivity index (χ1n) is 11.8. The van der Waals surface area contributed by atoms with Crippen molar-refractivity contribution < 1.29 is 39.5 Å². The molecule has 212 valence electrons. The number of rotatable bonds is 9. The van der Waals surface area contributed by atoms with E-state index in [0.717, 1.165) is 11.3 Å². The summed E-state index contributed by atoms with van der Waals surface area (Å²) in [7, 11) is 0. The van der Waals surface area contributed by atoms with Crippen LogP contribution in [0.1, 0.15) is 27.3 Å². The van der Waals surface area contributed by atoms with Crippen LogP contribution in [0.15, 0.2) is 42.0 Å². The lowest BCUT2D eigenvalue weighted by molar-refractivity contribution is -0.179. The number of nitrogens with zero attached hydrogens (tertiary/aromatic N) is 5. The van der Waals surface area contributed by atoms with Gasteiger partial charge in [-0.1, -0.05) is 36.3 Å². The van der Waals surface area contributed by atoms with Crippen LogP contribution < -0.4 is 5.73 Å². The molecule has 5 rings (SSSR count). The van der Waals surface area contributed by atoms with Gasteiger partial charge >= 0.3 is 11.9 Å². The first kappa shape index (κ1) is 28.4. The second kappa shape index (κ2) is 10.7. The lowest BCUT2D eigenvalue weighted by Crippen LogP contribution is -2.50. The number of aliphatic hydroxyl groups excluding tert-OH is 1. The van der Waals surface area contributed by atoms with E-state index in [4.69, 9.17) is 33.2 Å². The number of carbonyl (C=O) groups is 2. The van der Waals surface area contributed by atoms with Gasteiger partial charge in [-0.05, 0) is 17.2 Å². The largest absolute Gasteiger partial charge is 0.479 e. The molecule has 1 aliphatic rings. The number of ether oxygens (including phenoxy) is 2. The Kier molecular flexibility index (Phi) is 7.38. The minimum atomic E-state index is -2.37. The second-order valence-electron chi connectivity index (χ2n) is 9.08. The van der Waals surface area contributed by atoms with Crippen LogP contribution in [-0.2, 0) is 26.3 Å². The predicted molar refractivity (Wildman–Crippen MR) is 143 cm³/mol. The molecule has 3 aromatic heterocycles. The van der Waals surface area contributed by atoms with Crippen molar-refractivity contribution in [2.75, 3.05) is 12.3 Å². The lowest BCUT2D eigenvalue weighted by Gasteiger charge is -2.32. The third kappa shape index (κ3) is 4.86. The Morgan fingerprint density at radius 1 is 1.27 bits per heavy atom. The maximum atomic E-state index is 12.8. The quantitative estimate of drug-likeness (QED) is 0.134. The summed E-state index contributed by atoms with van der Waals surface area (Å²) in [6.45, 7) is -0.655. The van der Waals surface area contributed by atoms with Crippen molar-refractivity contribution in [3.8, 4) is 12.3 Å². The van der Waals surface area contributed by atoms with Crippen LogP contribution in [0.25, 0.3) is 11.2 Å². The molecule has 0 amide bonds. The van der Waals surface area contributed by atoms with Crippen molar-refractivity contribution in [2.45, 2.75) is 36.1 Å². The fourth-order valence-corrected chi connectivity index (χ4v) is 5.42. The number of aromatic carboxylic acids is 1. The Morgan fingerprint density at radius 3 is 2.63 bits per heavy atom. The van der Waals surface area contributed by atoms with Crippen LogP contribution in [0.4, 0.5) is 5.82 Å². The Bertz CT molecular complexity index is 1680. The number of benzene rings is 1. The van der Waals surface area contributed by atoms with Crippen molar-refractivity contribution >= 4 is 51.9 Å². The summed E-state index contributed by atoms with van der Waals surface area (Å²) in [6, 6.07) is 8.46. The summed E-state index contributed by atoms with van der Waals surface area (Å²) in [6.07, 6.45) is 1.98.